The van der Waals surface area contributed by atoms with Crippen molar-refractivity contribution >= 4 is 11.7 Å². The number of amides is 1. The molecule has 1 amide bonds. The van der Waals surface area contributed by atoms with Crippen molar-refractivity contribution in [2.75, 3.05) is 5.32 Å². The lowest BCUT2D eigenvalue weighted by Gasteiger charge is -2.10. The van der Waals surface area contributed by atoms with Crippen LogP contribution in [0.3, 0.4) is 0 Å². The molecule has 31 heavy (non-hydrogen) atoms. The lowest BCUT2D eigenvalue weighted by atomic mass is 10.2. The summed E-state index contributed by atoms with van der Waals surface area (Å²) in [4.78, 5) is 32.0. The lowest BCUT2D eigenvalue weighted by molar-refractivity contribution is 0.101. The Morgan fingerprint density at radius 3 is 2.58 bits per heavy atom. The zero-order valence-corrected chi connectivity index (χ0v) is 16.6. The number of hydrogen-bond donors (Lipinski definition) is 2. The van der Waals surface area contributed by atoms with Gasteiger partial charge in [0, 0.05) is 17.3 Å². The average molecular weight is 425 g/mol. The number of carbonyl (C=O) groups is 1. The lowest BCUT2D eigenvalue weighted by Crippen LogP contribution is -2.22. The molecule has 0 unspecified atom stereocenters. The summed E-state index contributed by atoms with van der Waals surface area (Å²) in [7, 11) is 0. The van der Waals surface area contributed by atoms with Gasteiger partial charge in [-0.3, -0.25) is 14.6 Å². The van der Waals surface area contributed by atoms with E-state index >= 15 is 0 Å². The molecular formula is C21H17F2N5O3. The molecule has 0 saturated carbocycles. The summed E-state index contributed by atoms with van der Waals surface area (Å²) in [5, 5.41) is 6.77. The van der Waals surface area contributed by atoms with E-state index in [1.54, 1.807) is 19.1 Å². The molecule has 0 aliphatic heterocycles. The van der Waals surface area contributed by atoms with Gasteiger partial charge >= 0.3 is 0 Å². The predicted octanol–water partition coefficient (Wildman–Crippen LogP) is 3.62. The molecular weight excluding hydrogens is 408 g/mol. The van der Waals surface area contributed by atoms with Crippen molar-refractivity contribution in [3.05, 3.63) is 81.5 Å². The van der Waals surface area contributed by atoms with Crippen molar-refractivity contribution in [2.24, 2.45) is 0 Å². The van der Waals surface area contributed by atoms with Gasteiger partial charge in [-0.15, -0.1) is 0 Å². The summed E-state index contributed by atoms with van der Waals surface area (Å²) < 4.78 is 34.6. The first kappa shape index (κ1) is 20.2. The quantitative estimate of drug-likeness (QED) is 0.508. The molecule has 0 aliphatic carbocycles. The molecule has 4 rings (SSSR count). The molecule has 3 aromatic heterocycles. The average Bonchev–Trinajstić information content (AvgIpc) is 3.37. The first-order chi connectivity index (χ1) is 14.9. The number of aromatic nitrogens is 4. The predicted molar refractivity (Wildman–Crippen MR) is 108 cm³/mol. The van der Waals surface area contributed by atoms with Crippen LogP contribution in [0.5, 0.6) is 0 Å². The number of anilines is 1. The second-order valence-electron chi connectivity index (χ2n) is 6.66. The molecule has 0 fully saturated rings. The van der Waals surface area contributed by atoms with E-state index in [2.05, 4.69) is 20.4 Å². The zero-order valence-electron chi connectivity index (χ0n) is 16.6. The number of nitrogens with one attached hydrogen (secondary N) is 2. The first-order valence-electron chi connectivity index (χ1n) is 9.38. The van der Waals surface area contributed by atoms with E-state index in [1.165, 1.54) is 17.0 Å². The van der Waals surface area contributed by atoms with Gasteiger partial charge in [-0.1, -0.05) is 13.0 Å². The Balaban J connectivity index is 1.82. The highest BCUT2D eigenvalue weighted by atomic mass is 19.1. The number of furan rings is 1. The Morgan fingerprint density at radius 1 is 1.23 bits per heavy atom. The molecule has 0 aliphatic rings. The van der Waals surface area contributed by atoms with Crippen LogP contribution in [0.4, 0.5) is 14.6 Å². The third-order valence-electron chi connectivity index (χ3n) is 4.68. The van der Waals surface area contributed by atoms with Gasteiger partial charge in [-0.05, 0) is 37.6 Å². The van der Waals surface area contributed by atoms with Crippen LogP contribution in [0.15, 0.2) is 51.9 Å². The normalized spacial score (nSPS) is 11.0. The minimum Gasteiger partial charge on any atom is -0.463 e. The number of halogens is 2. The van der Waals surface area contributed by atoms with Crippen LogP contribution in [0, 0.1) is 18.6 Å². The van der Waals surface area contributed by atoms with E-state index in [-0.39, 0.29) is 17.3 Å². The van der Waals surface area contributed by atoms with Crippen molar-refractivity contribution in [2.45, 2.75) is 20.3 Å². The largest absolute Gasteiger partial charge is 0.463 e. The summed E-state index contributed by atoms with van der Waals surface area (Å²) in [6.07, 6.45) is 1.93. The second kappa shape index (κ2) is 7.98. The van der Waals surface area contributed by atoms with Crippen LogP contribution in [-0.2, 0) is 6.42 Å². The molecule has 10 heteroatoms. The van der Waals surface area contributed by atoms with E-state index in [0.29, 0.717) is 29.1 Å². The molecule has 2 N–H and O–H groups in total. The van der Waals surface area contributed by atoms with Crippen LogP contribution in [0.2, 0.25) is 0 Å². The highest BCUT2D eigenvalue weighted by Gasteiger charge is 2.22. The number of rotatable bonds is 5. The Bertz CT molecular complexity index is 1310. The number of nitrogens with zero attached hydrogens (tertiary/aromatic N) is 3. The van der Waals surface area contributed by atoms with E-state index < -0.39 is 23.1 Å². The highest BCUT2D eigenvalue weighted by Crippen LogP contribution is 2.25. The Hall–Kier alpha value is -4.08. The molecule has 158 valence electrons. The second-order valence-corrected chi connectivity index (χ2v) is 6.66. The fraction of sp³-hybridized carbons (Fsp3) is 0.143. The minimum absolute atomic E-state index is 0.0295. The van der Waals surface area contributed by atoms with Gasteiger partial charge in [0.05, 0.1) is 6.26 Å². The monoisotopic (exact) mass is 425 g/mol. The van der Waals surface area contributed by atoms with Gasteiger partial charge < -0.3 is 9.73 Å². The van der Waals surface area contributed by atoms with Gasteiger partial charge in [-0.25, -0.2) is 13.8 Å². The third-order valence-corrected chi connectivity index (χ3v) is 4.68. The molecule has 1 aromatic carbocycles. The molecule has 0 bridgehead atoms. The molecule has 0 saturated heterocycles. The third kappa shape index (κ3) is 3.75. The van der Waals surface area contributed by atoms with Crippen LogP contribution in [0.1, 0.15) is 28.5 Å². The molecule has 0 atom stereocenters. The maximum Gasteiger partial charge on any atom is 0.262 e. The van der Waals surface area contributed by atoms with Gasteiger partial charge in [0.25, 0.3) is 11.5 Å². The number of H-pyrrole nitrogens is 1. The zero-order chi connectivity index (χ0) is 22.1. The van der Waals surface area contributed by atoms with E-state index in [0.717, 1.165) is 18.2 Å². The van der Waals surface area contributed by atoms with Crippen molar-refractivity contribution in [1.29, 1.82) is 0 Å². The first-order valence-corrected chi connectivity index (χ1v) is 9.38. The van der Waals surface area contributed by atoms with Crippen LogP contribution in [-0.4, -0.2) is 25.7 Å². The molecule has 8 nitrogen and oxygen atoms in total. The minimum atomic E-state index is -1.02. The number of hydrogen-bond acceptors (Lipinski definition) is 5. The summed E-state index contributed by atoms with van der Waals surface area (Å²) in [5.41, 5.74) is 0.232. The van der Waals surface area contributed by atoms with Gasteiger partial charge in [0.2, 0.25) is 5.95 Å². The Labute approximate surface area is 174 Å². The summed E-state index contributed by atoms with van der Waals surface area (Å²) >= 11 is 0. The summed E-state index contributed by atoms with van der Waals surface area (Å²) in [6, 6.07) is 7.87. The fourth-order valence-electron chi connectivity index (χ4n) is 3.18. The smallest absolute Gasteiger partial charge is 0.262 e. The number of aryl methyl sites for hydroxylation is 1. The van der Waals surface area contributed by atoms with Crippen molar-refractivity contribution in [3.8, 4) is 17.4 Å². The van der Waals surface area contributed by atoms with Crippen molar-refractivity contribution in [1.82, 2.24) is 19.7 Å². The highest BCUT2D eigenvalue weighted by molar-refractivity contribution is 6.04. The summed E-state index contributed by atoms with van der Waals surface area (Å²) in [5.74, 6) is -2.59. The van der Waals surface area contributed by atoms with Crippen molar-refractivity contribution < 1.29 is 18.0 Å². The van der Waals surface area contributed by atoms with Crippen LogP contribution >= 0.6 is 0 Å². The van der Waals surface area contributed by atoms with E-state index in [9.17, 15) is 18.4 Å². The van der Waals surface area contributed by atoms with Crippen molar-refractivity contribution in [3.63, 3.8) is 0 Å². The molecule has 0 radical (unpaired) electrons. The Morgan fingerprint density at radius 2 is 1.97 bits per heavy atom. The van der Waals surface area contributed by atoms with Crippen LogP contribution in [0.25, 0.3) is 17.4 Å². The number of carbonyl (C=O) groups excluding carboxylic acids is 1. The number of benzene rings is 1. The standard InChI is InChI=1S/C21H17F2N5O3/c1-3-12-11(2)24-21(26-19(12)29)28-17(10-15(27-28)16-8-5-9-31-16)25-20(30)18-13(22)6-4-7-14(18)23/h4-10H,3H2,1-2H3,(H,25,30)(H,24,26,29). The Kier molecular flexibility index (Phi) is 5.20. The van der Waals surface area contributed by atoms with Crippen LogP contribution < -0.4 is 10.9 Å². The molecule has 3 heterocycles. The summed E-state index contributed by atoms with van der Waals surface area (Å²) in [6.45, 7) is 3.51. The number of aromatic amines is 1. The topological polar surface area (TPSA) is 106 Å². The van der Waals surface area contributed by atoms with E-state index in [4.69, 9.17) is 4.42 Å². The molecule has 0 spiro atoms. The molecule has 4 aromatic rings. The SMILES string of the molecule is CCc1c(C)nc(-n2nc(-c3ccco3)cc2NC(=O)c2c(F)cccc2F)[nH]c1=O. The van der Waals surface area contributed by atoms with Gasteiger partial charge in [-0.2, -0.15) is 9.78 Å². The maximum absolute atomic E-state index is 14.0. The fourth-order valence-corrected chi connectivity index (χ4v) is 3.18. The maximum atomic E-state index is 14.0. The van der Waals surface area contributed by atoms with Gasteiger partial charge in [0.1, 0.15) is 28.7 Å². The van der Waals surface area contributed by atoms with Gasteiger partial charge in [0.15, 0.2) is 5.76 Å². The van der Waals surface area contributed by atoms with E-state index in [1.807, 2.05) is 6.92 Å².